The molecule has 4 rings (SSSR count). The van der Waals surface area contributed by atoms with Crippen LogP contribution >= 0.6 is 0 Å². The fraction of sp³-hybridized carbons (Fsp3) is 0.531. The van der Waals surface area contributed by atoms with Gasteiger partial charge in [0.2, 0.25) is 11.8 Å². The van der Waals surface area contributed by atoms with Crippen LogP contribution in [0.3, 0.4) is 0 Å². The van der Waals surface area contributed by atoms with Gasteiger partial charge in [-0.1, -0.05) is 80.4 Å². The Balaban J connectivity index is 1.18. The van der Waals surface area contributed by atoms with Crippen LogP contribution in [0.5, 0.6) is 0 Å². The quantitative estimate of drug-likeness (QED) is 0.365. The third kappa shape index (κ3) is 7.84. The van der Waals surface area contributed by atoms with E-state index >= 15 is 0 Å². The molecule has 2 heterocycles. The zero-order valence-electron chi connectivity index (χ0n) is 23.8. The molecular formula is C32H44N4O4. The van der Waals surface area contributed by atoms with Crippen LogP contribution in [0, 0.1) is 0 Å². The number of rotatable bonds is 13. The molecule has 0 aromatic heterocycles. The van der Waals surface area contributed by atoms with Gasteiger partial charge in [-0.3, -0.25) is 9.59 Å². The van der Waals surface area contributed by atoms with Crippen molar-refractivity contribution in [2.75, 3.05) is 32.7 Å². The second-order valence-electron chi connectivity index (χ2n) is 11.0. The molecule has 0 saturated carbocycles. The molecular weight excluding hydrogens is 504 g/mol. The molecule has 1 atom stereocenters. The summed E-state index contributed by atoms with van der Waals surface area (Å²) in [5.74, 6) is 0.0675. The van der Waals surface area contributed by atoms with Gasteiger partial charge in [0.05, 0.1) is 0 Å². The Labute approximate surface area is 238 Å². The Hall–Kier alpha value is -3.39. The van der Waals surface area contributed by atoms with E-state index in [0.29, 0.717) is 32.4 Å². The molecule has 2 saturated heterocycles. The molecule has 2 aliphatic rings. The first-order valence-electron chi connectivity index (χ1n) is 14.8. The van der Waals surface area contributed by atoms with Crippen LogP contribution in [-0.4, -0.2) is 72.0 Å². The summed E-state index contributed by atoms with van der Waals surface area (Å²) >= 11 is 0. The largest absolute Gasteiger partial charge is 0.445 e. The number of unbranched alkanes of at least 4 members (excludes halogenated alkanes) is 2. The van der Waals surface area contributed by atoms with Crippen molar-refractivity contribution in [3.8, 4) is 0 Å². The number of nitrogens with zero attached hydrogens (tertiary/aromatic N) is 2. The lowest BCUT2D eigenvalue weighted by molar-refractivity contribution is -0.161. The number of piperidine rings is 1. The maximum Gasteiger partial charge on any atom is 0.407 e. The van der Waals surface area contributed by atoms with Crippen molar-refractivity contribution in [2.24, 2.45) is 0 Å². The summed E-state index contributed by atoms with van der Waals surface area (Å²) in [6, 6.07) is 19.6. The maximum absolute atomic E-state index is 13.5. The van der Waals surface area contributed by atoms with Crippen molar-refractivity contribution in [1.29, 1.82) is 0 Å². The number of benzene rings is 2. The molecule has 216 valence electrons. The Morgan fingerprint density at radius 1 is 0.950 bits per heavy atom. The van der Waals surface area contributed by atoms with Crippen molar-refractivity contribution in [3.05, 3.63) is 71.8 Å². The number of ether oxygens (including phenoxy) is 1. The number of piperazine rings is 1. The molecule has 8 heteroatoms. The summed E-state index contributed by atoms with van der Waals surface area (Å²) in [4.78, 5) is 43.3. The average Bonchev–Trinajstić information content (AvgIpc) is 2.99. The van der Waals surface area contributed by atoms with E-state index < -0.39 is 17.7 Å². The van der Waals surface area contributed by atoms with E-state index in [4.69, 9.17) is 4.74 Å². The molecule has 0 unspecified atom stereocenters. The van der Waals surface area contributed by atoms with Crippen LogP contribution in [0.1, 0.15) is 63.0 Å². The molecule has 1 spiro atoms. The Morgan fingerprint density at radius 2 is 1.62 bits per heavy atom. The Morgan fingerprint density at radius 3 is 2.30 bits per heavy atom. The summed E-state index contributed by atoms with van der Waals surface area (Å²) in [6.07, 6.45) is 5.81. The van der Waals surface area contributed by atoms with E-state index in [1.165, 1.54) is 5.56 Å². The maximum atomic E-state index is 13.5. The van der Waals surface area contributed by atoms with Gasteiger partial charge < -0.3 is 25.2 Å². The molecule has 0 radical (unpaired) electrons. The first-order chi connectivity index (χ1) is 19.5. The predicted octanol–water partition coefficient (Wildman–Crippen LogP) is 4.29. The smallest absolute Gasteiger partial charge is 0.407 e. The number of carbonyl (C=O) groups excluding carboxylic acids is 3. The van der Waals surface area contributed by atoms with Crippen molar-refractivity contribution < 1.29 is 19.1 Å². The van der Waals surface area contributed by atoms with Gasteiger partial charge in [-0.25, -0.2) is 4.79 Å². The summed E-state index contributed by atoms with van der Waals surface area (Å²) in [7, 11) is 0. The van der Waals surface area contributed by atoms with Gasteiger partial charge in [0.1, 0.15) is 18.2 Å². The summed E-state index contributed by atoms with van der Waals surface area (Å²) in [6.45, 7) is 6.04. The molecule has 40 heavy (non-hydrogen) atoms. The van der Waals surface area contributed by atoms with E-state index in [1.54, 1.807) is 0 Å². The number of hydrogen-bond donors (Lipinski definition) is 2. The topological polar surface area (TPSA) is 91.0 Å². The van der Waals surface area contributed by atoms with Crippen LogP contribution in [0.2, 0.25) is 0 Å². The molecule has 3 amide bonds. The van der Waals surface area contributed by atoms with Gasteiger partial charge in [-0.05, 0) is 49.7 Å². The minimum atomic E-state index is -0.725. The normalized spacial score (nSPS) is 18.9. The Bertz CT molecular complexity index is 1090. The van der Waals surface area contributed by atoms with Gasteiger partial charge >= 0.3 is 6.09 Å². The number of alkyl carbamates (subject to hydrolysis) is 1. The van der Waals surface area contributed by atoms with Crippen LogP contribution < -0.4 is 10.6 Å². The number of nitrogens with one attached hydrogen (secondary N) is 2. The fourth-order valence-electron chi connectivity index (χ4n) is 5.81. The zero-order valence-corrected chi connectivity index (χ0v) is 23.8. The highest BCUT2D eigenvalue weighted by atomic mass is 16.5. The van der Waals surface area contributed by atoms with Crippen LogP contribution in [0.15, 0.2) is 60.7 Å². The number of carbonyl (C=O) groups is 3. The van der Waals surface area contributed by atoms with Crippen LogP contribution in [0.25, 0.3) is 0 Å². The average molecular weight is 549 g/mol. The molecule has 2 fully saturated rings. The van der Waals surface area contributed by atoms with Gasteiger partial charge in [0.25, 0.3) is 0 Å². The molecule has 0 aliphatic carbocycles. The van der Waals surface area contributed by atoms with Crippen molar-refractivity contribution in [3.63, 3.8) is 0 Å². The molecule has 2 N–H and O–H groups in total. The van der Waals surface area contributed by atoms with E-state index in [9.17, 15) is 14.4 Å². The molecule has 0 bridgehead atoms. The third-order valence-electron chi connectivity index (χ3n) is 8.15. The highest BCUT2D eigenvalue weighted by molar-refractivity contribution is 6.00. The zero-order chi connectivity index (χ0) is 28.2. The lowest BCUT2D eigenvalue weighted by atomic mass is 9.81. The molecule has 2 aliphatic heterocycles. The fourth-order valence-corrected chi connectivity index (χ4v) is 5.81. The SMILES string of the molecule is CCCN1C(=O)[C@@H](CCCCCNC(=O)OCc2ccccc2)NC(=O)C12CCN(CCc1ccccc1)CC2. The molecule has 8 nitrogen and oxygen atoms in total. The highest BCUT2D eigenvalue weighted by Crippen LogP contribution is 2.34. The van der Waals surface area contributed by atoms with E-state index in [1.807, 2.05) is 41.3 Å². The summed E-state index contributed by atoms with van der Waals surface area (Å²) in [5.41, 5.74) is 1.55. The lowest BCUT2D eigenvalue weighted by Crippen LogP contribution is -2.72. The second kappa shape index (κ2) is 14.8. The third-order valence-corrected chi connectivity index (χ3v) is 8.15. The first kappa shape index (κ1) is 29.6. The van der Waals surface area contributed by atoms with Crippen molar-refractivity contribution >= 4 is 17.9 Å². The van der Waals surface area contributed by atoms with Crippen molar-refractivity contribution in [1.82, 2.24) is 20.4 Å². The summed E-state index contributed by atoms with van der Waals surface area (Å²) in [5, 5.41) is 5.87. The van der Waals surface area contributed by atoms with Crippen LogP contribution in [-0.2, 0) is 27.4 Å². The highest BCUT2D eigenvalue weighted by Gasteiger charge is 2.52. The van der Waals surface area contributed by atoms with E-state index in [-0.39, 0.29) is 18.4 Å². The summed E-state index contributed by atoms with van der Waals surface area (Å²) < 4.78 is 5.23. The van der Waals surface area contributed by atoms with Gasteiger partial charge in [-0.15, -0.1) is 0 Å². The van der Waals surface area contributed by atoms with Crippen molar-refractivity contribution in [2.45, 2.75) is 76.5 Å². The van der Waals surface area contributed by atoms with Gasteiger partial charge in [-0.2, -0.15) is 0 Å². The predicted molar refractivity (Wildman–Crippen MR) is 156 cm³/mol. The lowest BCUT2D eigenvalue weighted by Gasteiger charge is -2.51. The minimum absolute atomic E-state index is 0.0103. The molecule has 2 aromatic rings. The molecule has 2 aromatic carbocycles. The van der Waals surface area contributed by atoms with Gasteiger partial charge in [0, 0.05) is 32.7 Å². The standard InChI is InChI=1S/C32H44N4O4/c1-2-21-36-29(37)28(16-10-5-11-20-33-31(39)40-25-27-14-8-4-9-15-27)34-30(38)32(36)18-23-35(24-19-32)22-17-26-12-6-3-7-13-26/h3-4,6-9,12-15,28H,2,5,10-11,16-25H2,1H3,(H,33,39)(H,34,38)/t28-/m1/s1. The van der Waals surface area contributed by atoms with Gasteiger partial charge in [0.15, 0.2) is 0 Å². The number of hydrogen-bond acceptors (Lipinski definition) is 5. The van der Waals surface area contributed by atoms with E-state index in [2.05, 4.69) is 46.7 Å². The van der Waals surface area contributed by atoms with Crippen LogP contribution in [0.4, 0.5) is 4.79 Å². The van der Waals surface area contributed by atoms with E-state index in [0.717, 1.165) is 57.3 Å². The monoisotopic (exact) mass is 548 g/mol. The number of likely N-dealkylation sites (tertiary alicyclic amines) is 1. The second-order valence-corrected chi connectivity index (χ2v) is 11.0. The first-order valence-corrected chi connectivity index (χ1v) is 14.8. The number of amides is 3. The Kier molecular flexibility index (Phi) is 11.0. The minimum Gasteiger partial charge on any atom is -0.445 e.